The summed E-state index contributed by atoms with van der Waals surface area (Å²) in [6.45, 7) is 1.47. The number of halogens is 5. The maximum absolute atomic E-state index is 14.3. The molecular formula is C15H12ClF4N3O3. The van der Waals surface area contributed by atoms with Gasteiger partial charge in [-0.2, -0.15) is 13.2 Å². The van der Waals surface area contributed by atoms with Crippen LogP contribution in [0.4, 0.5) is 17.6 Å². The summed E-state index contributed by atoms with van der Waals surface area (Å²) >= 11 is 5.92. The van der Waals surface area contributed by atoms with Crippen molar-refractivity contribution in [1.82, 2.24) is 9.13 Å². The Kier molecular flexibility index (Phi) is 5.26. The summed E-state index contributed by atoms with van der Waals surface area (Å²) in [4.78, 5) is 29.0. The van der Waals surface area contributed by atoms with Gasteiger partial charge in [0.15, 0.2) is 0 Å². The fourth-order valence-electron chi connectivity index (χ4n) is 2.29. The molecule has 11 heteroatoms. The van der Waals surface area contributed by atoms with Crippen LogP contribution in [-0.4, -0.2) is 22.0 Å². The molecule has 0 N–H and O–H groups in total. The molecule has 6 nitrogen and oxygen atoms in total. The lowest BCUT2D eigenvalue weighted by atomic mass is 10.1. The molecule has 2 rings (SSSR count). The van der Waals surface area contributed by atoms with Crippen LogP contribution < -0.4 is 11.2 Å². The Morgan fingerprint density at radius 3 is 2.38 bits per heavy atom. The smallest absolute Gasteiger partial charge is 0.399 e. The molecule has 0 saturated heterocycles. The number of alkyl halides is 3. The normalized spacial score (nSPS) is 12.4. The van der Waals surface area contributed by atoms with E-state index in [1.54, 1.807) is 0 Å². The molecule has 0 spiro atoms. The van der Waals surface area contributed by atoms with E-state index in [1.807, 2.05) is 0 Å². The third-order valence-electron chi connectivity index (χ3n) is 3.51. The molecule has 0 saturated carbocycles. The molecule has 0 fully saturated rings. The van der Waals surface area contributed by atoms with Gasteiger partial charge < -0.3 is 4.84 Å². The van der Waals surface area contributed by atoms with Gasteiger partial charge in [0.05, 0.1) is 16.4 Å². The van der Waals surface area contributed by atoms with Gasteiger partial charge in [0.2, 0.25) is 0 Å². The Balaban J connectivity index is 2.84. The highest BCUT2D eigenvalue weighted by atomic mass is 35.5. The number of rotatable bonds is 3. The van der Waals surface area contributed by atoms with Crippen LogP contribution in [0.2, 0.25) is 5.02 Å². The molecule has 0 aliphatic carbocycles. The summed E-state index contributed by atoms with van der Waals surface area (Å²) < 4.78 is 53.5. The molecule has 0 unspecified atom stereocenters. The zero-order valence-electron chi connectivity index (χ0n) is 13.7. The Labute approximate surface area is 148 Å². The van der Waals surface area contributed by atoms with Crippen LogP contribution in [-0.2, 0) is 18.1 Å². The first-order chi connectivity index (χ1) is 12.0. The van der Waals surface area contributed by atoms with Gasteiger partial charge in [-0.1, -0.05) is 16.8 Å². The van der Waals surface area contributed by atoms with Crippen molar-refractivity contribution >= 4 is 17.3 Å². The average molecular weight is 394 g/mol. The first-order valence-electron chi connectivity index (χ1n) is 6.96. The lowest BCUT2D eigenvalue weighted by Crippen LogP contribution is -2.41. The fourth-order valence-corrected chi connectivity index (χ4v) is 2.58. The largest absolute Gasteiger partial charge is 0.431 e. The topological polar surface area (TPSA) is 65.6 Å². The summed E-state index contributed by atoms with van der Waals surface area (Å²) in [7, 11) is 2.09. The van der Waals surface area contributed by atoms with E-state index in [-0.39, 0.29) is 31.5 Å². The molecule has 2 aromatic rings. The van der Waals surface area contributed by atoms with Crippen molar-refractivity contribution in [3.05, 3.63) is 61.1 Å². The van der Waals surface area contributed by atoms with Crippen LogP contribution in [0.15, 0.2) is 32.9 Å². The minimum absolute atomic E-state index is 0.0821. The van der Waals surface area contributed by atoms with Gasteiger partial charge in [-0.15, -0.1) is 0 Å². The van der Waals surface area contributed by atoms with E-state index in [4.69, 9.17) is 11.6 Å². The minimum Gasteiger partial charge on any atom is -0.399 e. The van der Waals surface area contributed by atoms with Crippen LogP contribution in [0.1, 0.15) is 18.2 Å². The molecule has 0 amide bonds. The highest BCUT2D eigenvalue weighted by Gasteiger charge is 2.35. The van der Waals surface area contributed by atoms with Gasteiger partial charge in [-0.25, -0.2) is 13.8 Å². The van der Waals surface area contributed by atoms with Crippen LogP contribution in [0, 0.1) is 5.82 Å². The summed E-state index contributed by atoms with van der Waals surface area (Å²) in [5, 5.41) is 3.54. The van der Waals surface area contributed by atoms with E-state index in [0.29, 0.717) is 0 Å². The van der Waals surface area contributed by atoms with Crippen LogP contribution >= 0.6 is 11.6 Å². The number of oxime groups is 1. The molecule has 0 radical (unpaired) electrons. The van der Waals surface area contributed by atoms with Gasteiger partial charge in [-0.05, 0) is 19.1 Å². The van der Waals surface area contributed by atoms with E-state index in [2.05, 4.69) is 9.99 Å². The molecule has 0 atom stereocenters. The molecule has 0 aliphatic rings. The zero-order valence-corrected chi connectivity index (χ0v) is 14.4. The van der Waals surface area contributed by atoms with Gasteiger partial charge >= 0.3 is 11.9 Å². The van der Waals surface area contributed by atoms with E-state index in [1.165, 1.54) is 14.0 Å². The van der Waals surface area contributed by atoms with Crippen molar-refractivity contribution in [2.75, 3.05) is 7.11 Å². The average Bonchev–Trinajstić information content (AvgIpc) is 2.52. The number of nitrogens with zero attached hydrogens (tertiary/aromatic N) is 3. The molecule has 140 valence electrons. The number of aromatic nitrogens is 2. The van der Waals surface area contributed by atoms with E-state index >= 15 is 0 Å². The summed E-state index contributed by atoms with van der Waals surface area (Å²) in [5.74, 6) is -1.07. The van der Waals surface area contributed by atoms with Crippen LogP contribution in [0.3, 0.4) is 0 Å². The molecule has 1 aromatic carbocycles. The number of hydrogen-bond donors (Lipinski definition) is 0. The standard InChI is InChI=1S/C15H12ClF4N3O3/c1-7(21-26-3)8-4-11(10(17)5-9(8)16)23-13(24)6-12(15(18,19)20)22(2)14(23)25/h4-6H,1-3H3/b21-7-. The monoisotopic (exact) mass is 393 g/mol. The first-order valence-corrected chi connectivity index (χ1v) is 7.34. The molecular weight excluding hydrogens is 382 g/mol. The van der Waals surface area contributed by atoms with Crippen LogP contribution in [0.5, 0.6) is 0 Å². The second-order valence-corrected chi connectivity index (χ2v) is 5.59. The maximum Gasteiger partial charge on any atom is 0.431 e. The third-order valence-corrected chi connectivity index (χ3v) is 3.82. The van der Waals surface area contributed by atoms with Gasteiger partial charge in [0.25, 0.3) is 5.56 Å². The maximum atomic E-state index is 14.3. The number of hydrogen-bond acceptors (Lipinski definition) is 4. The summed E-state index contributed by atoms with van der Waals surface area (Å²) in [6.07, 6.45) is -4.92. The second-order valence-electron chi connectivity index (χ2n) is 5.19. The lowest BCUT2D eigenvalue weighted by molar-refractivity contribution is -0.144. The van der Waals surface area contributed by atoms with Gasteiger partial charge in [0, 0.05) is 18.7 Å². The van der Waals surface area contributed by atoms with Crippen molar-refractivity contribution in [3.63, 3.8) is 0 Å². The Morgan fingerprint density at radius 2 is 1.85 bits per heavy atom. The van der Waals surface area contributed by atoms with Crippen molar-refractivity contribution in [3.8, 4) is 5.69 Å². The van der Waals surface area contributed by atoms with Crippen LogP contribution in [0.25, 0.3) is 5.69 Å². The van der Waals surface area contributed by atoms with Gasteiger partial charge in [-0.3, -0.25) is 9.36 Å². The minimum atomic E-state index is -4.92. The predicted octanol–water partition coefficient (Wildman–Crippen LogP) is 2.72. The Bertz CT molecular complexity index is 1010. The Morgan fingerprint density at radius 1 is 1.23 bits per heavy atom. The fraction of sp³-hybridized carbons (Fsp3) is 0.267. The Hall–Kier alpha value is -2.62. The van der Waals surface area contributed by atoms with Gasteiger partial charge in [0.1, 0.15) is 18.6 Å². The third kappa shape index (κ3) is 3.50. The van der Waals surface area contributed by atoms with E-state index < -0.39 is 34.6 Å². The molecule has 1 heterocycles. The molecule has 26 heavy (non-hydrogen) atoms. The van der Waals surface area contributed by atoms with E-state index in [0.717, 1.165) is 19.2 Å². The number of benzene rings is 1. The molecule has 1 aromatic heterocycles. The predicted molar refractivity (Wildman–Crippen MR) is 86.5 cm³/mol. The summed E-state index contributed by atoms with van der Waals surface area (Å²) in [6, 6.07) is 2.07. The quantitative estimate of drug-likeness (QED) is 0.457. The van der Waals surface area contributed by atoms with Crippen molar-refractivity contribution < 1.29 is 22.4 Å². The van der Waals surface area contributed by atoms with Crippen molar-refractivity contribution in [1.29, 1.82) is 0 Å². The highest BCUT2D eigenvalue weighted by Crippen LogP contribution is 2.27. The highest BCUT2D eigenvalue weighted by molar-refractivity contribution is 6.34. The molecule has 0 bridgehead atoms. The molecule has 0 aliphatic heterocycles. The SMILES string of the molecule is CO/N=C(/C)c1cc(-n2c(=O)cc(C(F)(F)F)n(C)c2=O)c(F)cc1Cl. The zero-order chi connectivity index (χ0) is 19.8. The lowest BCUT2D eigenvalue weighted by Gasteiger charge is -2.15. The van der Waals surface area contributed by atoms with E-state index in [9.17, 15) is 27.2 Å². The van der Waals surface area contributed by atoms with Crippen molar-refractivity contribution in [2.24, 2.45) is 12.2 Å². The first kappa shape index (κ1) is 19.7. The van der Waals surface area contributed by atoms with Crippen molar-refractivity contribution in [2.45, 2.75) is 13.1 Å². The second kappa shape index (κ2) is 6.94. The summed E-state index contributed by atoms with van der Waals surface area (Å²) in [5.41, 5.74) is -4.37.